The van der Waals surface area contributed by atoms with Crippen LogP contribution in [0.1, 0.15) is 26.3 Å². The molecular weight excluding hydrogens is 584 g/mol. The number of hydrogen-bond donors (Lipinski definition) is 2. The summed E-state index contributed by atoms with van der Waals surface area (Å²) in [6, 6.07) is 13.7. The van der Waals surface area contributed by atoms with Gasteiger partial charge in [0, 0.05) is 57.1 Å². The highest BCUT2D eigenvalue weighted by molar-refractivity contribution is 7.92. The number of anilines is 3. The number of carbonyl (C=O) groups is 2. The average Bonchev–Trinajstić information content (AvgIpc) is 3.39. The molecule has 0 unspecified atom stereocenters. The number of primary amides is 1. The van der Waals surface area contributed by atoms with E-state index in [0.29, 0.717) is 30.0 Å². The average molecular weight is 615 g/mol. The predicted molar refractivity (Wildman–Crippen MR) is 158 cm³/mol. The molecule has 2 aliphatic heterocycles. The number of fused-ring (bicyclic) bond motifs is 1. The Bertz CT molecular complexity index is 1850. The molecule has 0 bridgehead atoms. The van der Waals surface area contributed by atoms with Crippen molar-refractivity contribution in [3.63, 3.8) is 0 Å². The molecule has 3 heterocycles. The van der Waals surface area contributed by atoms with E-state index in [-0.39, 0.29) is 53.8 Å². The number of nitrogens with two attached hydrogens (primary N) is 1. The lowest BCUT2D eigenvalue weighted by Gasteiger charge is -2.35. The van der Waals surface area contributed by atoms with Gasteiger partial charge in [0.1, 0.15) is 5.82 Å². The van der Waals surface area contributed by atoms with Gasteiger partial charge in [0.2, 0.25) is 31.5 Å². The molecule has 222 valence electrons. The van der Waals surface area contributed by atoms with Crippen molar-refractivity contribution in [3.05, 3.63) is 81.6 Å². The van der Waals surface area contributed by atoms with Crippen molar-refractivity contribution in [1.29, 1.82) is 0 Å². The fourth-order valence-corrected chi connectivity index (χ4v) is 7.15. The van der Waals surface area contributed by atoms with Crippen molar-refractivity contribution in [1.82, 2.24) is 9.29 Å². The molecule has 15 heteroatoms. The Hall–Kier alpha value is -4.21. The van der Waals surface area contributed by atoms with Crippen LogP contribution in [0, 0.1) is 0 Å². The van der Waals surface area contributed by atoms with Gasteiger partial charge < -0.3 is 20.5 Å². The quantitative estimate of drug-likeness (QED) is 0.389. The van der Waals surface area contributed by atoms with Gasteiger partial charge in [0.15, 0.2) is 0 Å². The second-order valence-electron chi connectivity index (χ2n) is 10.1. The van der Waals surface area contributed by atoms with Crippen LogP contribution in [0.2, 0.25) is 0 Å². The highest BCUT2D eigenvalue weighted by Gasteiger charge is 2.33. The Morgan fingerprint density at radius 3 is 2.29 bits per heavy atom. The summed E-state index contributed by atoms with van der Waals surface area (Å²) in [5.41, 5.74) is 6.63. The number of piperazine rings is 1. The highest BCUT2D eigenvalue weighted by atomic mass is 32.2. The zero-order chi connectivity index (χ0) is 30.4. The molecule has 0 saturated carbocycles. The van der Waals surface area contributed by atoms with Gasteiger partial charge in [-0.3, -0.25) is 18.7 Å². The van der Waals surface area contributed by atoms with Crippen LogP contribution < -0.4 is 25.4 Å². The van der Waals surface area contributed by atoms with Crippen LogP contribution in [0.3, 0.4) is 0 Å². The van der Waals surface area contributed by atoms with Crippen LogP contribution in [-0.2, 0) is 26.5 Å². The summed E-state index contributed by atoms with van der Waals surface area (Å²) in [7, 11) is -6.08. The smallest absolute Gasteiger partial charge is 0.260 e. The molecule has 1 fully saturated rings. The van der Waals surface area contributed by atoms with Crippen molar-refractivity contribution < 1.29 is 26.4 Å². The van der Waals surface area contributed by atoms with Crippen LogP contribution in [0.15, 0.2) is 64.3 Å². The van der Waals surface area contributed by atoms with E-state index in [1.54, 1.807) is 41.3 Å². The third-order valence-electron chi connectivity index (χ3n) is 7.49. The second kappa shape index (κ2) is 10.9. The molecule has 5 rings (SSSR count). The van der Waals surface area contributed by atoms with Gasteiger partial charge >= 0.3 is 0 Å². The second-order valence-corrected chi connectivity index (χ2v) is 14.1. The molecule has 3 N–H and O–H groups in total. The van der Waals surface area contributed by atoms with Crippen LogP contribution in [0.25, 0.3) is 0 Å². The molecule has 2 amide bonds. The fraction of sp³-hybridized carbons (Fsp3) is 0.296. The van der Waals surface area contributed by atoms with Gasteiger partial charge in [-0.1, -0.05) is 12.1 Å². The number of sulfonamides is 2. The highest BCUT2D eigenvalue weighted by Crippen LogP contribution is 2.34. The molecule has 1 aromatic heterocycles. The van der Waals surface area contributed by atoms with E-state index >= 15 is 0 Å². The minimum atomic E-state index is -3.86. The molecule has 2 aromatic carbocycles. The van der Waals surface area contributed by atoms with Crippen LogP contribution >= 0.6 is 0 Å². The Balaban J connectivity index is 1.33. The number of hydrogen-bond acceptors (Lipinski definition) is 8. The summed E-state index contributed by atoms with van der Waals surface area (Å²) in [6.07, 6.45) is 1.50. The third-order valence-corrected chi connectivity index (χ3v) is 10.6. The monoisotopic (exact) mass is 614 g/mol. The Morgan fingerprint density at radius 1 is 0.929 bits per heavy atom. The summed E-state index contributed by atoms with van der Waals surface area (Å²) in [4.78, 5) is 43.1. The van der Waals surface area contributed by atoms with Gasteiger partial charge in [-0.25, -0.2) is 16.8 Å². The predicted octanol–water partition coefficient (Wildman–Crippen LogP) is 0.583. The summed E-state index contributed by atoms with van der Waals surface area (Å²) >= 11 is 0. The maximum absolute atomic E-state index is 13.5. The Labute approximate surface area is 243 Å². The molecule has 42 heavy (non-hydrogen) atoms. The Morgan fingerprint density at radius 2 is 1.62 bits per heavy atom. The minimum absolute atomic E-state index is 0.0698. The zero-order valence-electron chi connectivity index (χ0n) is 23.0. The molecule has 0 radical (unpaired) electrons. The van der Waals surface area contributed by atoms with Crippen LogP contribution in [0.4, 0.5) is 17.2 Å². The summed E-state index contributed by atoms with van der Waals surface area (Å²) in [5.74, 6) is -0.726. The molecule has 1 saturated heterocycles. The topological polar surface area (TPSA) is 174 Å². The lowest BCUT2D eigenvalue weighted by atomic mass is 10.1. The first-order valence-electron chi connectivity index (χ1n) is 13.0. The maximum Gasteiger partial charge on any atom is 0.260 e. The lowest BCUT2D eigenvalue weighted by molar-refractivity contribution is 0.0985. The molecular formula is C27H30N6O7S2. The first-order chi connectivity index (χ1) is 19.8. The third kappa shape index (κ3) is 5.49. The summed E-state index contributed by atoms with van der Waals surface area (Å²) < 4.78 is 53.7. The van der Waals surface area contributed by atoms with Crippen LogP contribution in [-0.4, -0.2) is 84.0 Å². The van der Waals surface area contributed by atoms with Gasteiger partial charge in [0.05, 0.1) is 22.4 Å². The van der Waals surface area contributed by atoms with Gasteiger partial charge in [0.25, 0.3) is 5.91 Å². The number of nitrogens with one attached hydrogen (secondary N) is 1. The van der Waals surface area contributed by atoms with Gasteiger partial charge in [-0.2, -0.15) is 4.31 Å². The number of aromatic nitrogens is 1. The Kier molecular flexibility index (Phi) is 7.59. The number of nitrogens with zero attached hydrogens (tertiary/aromatic N) is 4. The number of pyridine rings is 1. The van der Waals surface area contributed by atoms with E-state index in [0.717, 1.165) is 16.6 Å². The molecule has 0 aliphatic carbocycles. The van der Waals surface area contributed by atoms with E-state index in [9.17, 15) is 31.2 Å². The fourth-order valence-electron chi connectivity index (χ4n) is 5.16. The van der Waals surface area contributed by atoms with E-state index in [2.05, 4.69) is 4.98 Å². The number of benzene rings is 2. The summed E-state index contributed by atoms with van der Waals surface area (Å²) in [5, 5.41) is 0. The lowest BCUT2D eigenvalue weighted by Crippen LogP contribution is -2.49. The van der Waals surface area contributed by atoms with Crippen molar-refractivity contribution >= 4 is 49.1 Å². The normalized spacial score (nSPS) is 15.9. The maximum atomic E-state index is 13.5. The van der Waals surface area contributed by atoms with E-state index in [4.69, 9.17) is 5.73 Å². The SMILES string of the molecule is CN(c1ccccc1C(=O)N1CCc2cc(S(=O)(=O)N3CCN(c4cc(C(N)=O)cc(=O)[nH]4)CC3)ccc21)S(C)(=O)=O. The van der Waals surface area contributed by atoms with Crippen molar-refractivity contribution in [2.45, 2.75) is 11.3 Å². The number of aromatic amines is 1. The summed E-state index contributed by atoms with van der Waals surface area (Å²) in [6.45, 7) is 1.18. The first-order valence-corrected chi connectivity index (χ1v) is 16.3. The number of rotatable bonds is 7. The largest absolute Gasteiger partial charge is 0.366 e. The van der Waals surface area contributed by atoms with E-state index in [1.807, 2.05) is 0 Å². The van der Waals surface area contributed by atoms with Gasteiger partial charge in [-0.05, 0) is 48.4 Å². The van der Waals surface area contributed by atoms with Crippen molar-refractivity contribution in [2.75, 3.05) is 60.1 Å². The molecule has 13 nitrogen and oxygen atoms in total. The molecule has 3 aromatic rings. The van der Waals surface area contributed by atoms with E-state index in [1.165, 1.54) is 28.4 Å². The van der Waals surface area contributed by atoms with Crippen molar-refractivity contribution in [2.24, 2.45) is 5.73 Å². The standard InChI is InChI=1S/C27H30N6O7S2/c1-30(41(2,37)38)23-6-4-3-5-21(23)27(36)33-10-9-18-15-20(7-8-22(18)33)42(39,40)32-13-11-31(12-14-32)24-16-19(26(28)35)17-25(34)29-24/h3-8,15-17H,9-14H2,1-2H3,(H2,28,35)(H,29,34). The number of amides is 2. The van der Waals surface area contributed by atoms with E-state index < -0.39 is 31.5 Å². The number of para-hydroxylation sites is 1. The molecule has 0 spiro atoms. The van der Waals surface area contributed by atoms with Crippen LogP contribution in [0.5, 0.6) is 0 Å². The minimum Gasteiger partial charge on any atom is -0.366 e. The van der Waals surface area contributed by atoms with Gasteiger partial charge in [-0.15, -0.1) is 0 Å². The molecule has 2 aliphatic rings. The molecule has 0 atom stereocenters. The number of carbonyl (C=O) groups excluding carboxylic acids is 2. The number of H-pyrrole nitrogens is 1. The van der Waals surface area contributed by atoms with Crippen molar-refractivity contribution in [3.8, 4) is 0 Å². The zero-order valence-corrected chi connectivity index (χ0v) is 24.6. The first kappa shape index (κ1) is 29.3.